The minimum Gasteiger partial charge on any atom is -0.391 e. The molecule has 9 heteroatoms. The molecule has 128 valence electrons. The smallest absolute Gasteiger partial charge is 0.199 e. The van der Waals surface area contributed by atoms with Crippen LogP contribution in [0.3, 0.4) is 0 Å². The van der Waals surface area contributed by atoms with Gasteiger partial charge in [0.05, 0.1) is 12.4 Å². The van der Waals surface area contributed by atoms with Crippen LogP contribution in [0.4, 0.5) is 0 Å². The second-order valence-electron chi connectivity index (χ2n) is 5.82. The number of H-pyrrole nitrogens is 1. The van der Waals surface area contributed by atoms with Gasteiger partial charge in [0.15, 0.2) is 16.5 Å². The fourth-order valence-electron chi connectivity index (χ4n) is 2.94. The van der Waals surface area contributed by atoms with E-state index < -0.39 is 30.1 Å². The number of aliphatic hydroxyl groups excluding tert-OH is 2. The van der Waals surface area contributed by atoms with Gasteiger partial charge in [-0.15, -0.1) is 5.92 Å². The summed E-state index contributed by atoms with van der Waals surface area (Å²) in [6, 6.07) is 0. The van der Waals surface area contributed by atoms with Crippen LogP contribution in [0.15, 0.2) is 6.33 Å². The summed E-state index contributed by atoms with van der Waals surface area (Å²) in [7, 11) is 0. The van der Waals surface area contributed by atoms with E-state index >= 15 is 0 Å². The van der Waals surface area contributed by atoms with Crippen molar-refractivity contribution in [3.63, 3.8) is 0 Å². The van der Waals surface area contributed by atoms with Crippen molar-refractivity contribution in [2.75, 3.05) is 0 Å². The fraction of sp³-hybridized carbons (Fsp3) is 0.533. The van der Waals surface area contributed by atoms with Gasteiger partial charge in [-0.25, -0.2) is 9.97 Å². The molecular formula is C15H18N4O4S. The van der Waals surface area contributed by atoms with Gasteiger partial charge in [-0.1, -0.05) is 18.1 Å². The molecule has 1 aliphatic heterocycles. The number of hydrogen-bond acceptors (Lipinski definition) is 7. The van der Waals surface area contributed by atoms with E-state index in [2.05, 4.69) is 26.8 Å². The molecule has 2 aromatic heterocycles. The number of nitrogens with one attached hydrogen (secondary N) is 1. The van der Waals surface area contributed by atoms with Crippen LogP contribution in [0.2, 0.25) is 0 Å². The highest BCUT2D eigenvalue weighted by Gasteiger charge is 2.57. The van der Waals surface area contributed by atoms with Crippen LogP contribution >= 0.6 is 12.2 Å². The van der Waals surface area contributed by atoms with Crippen molar-refractivity contribution in [3.8, 4) is 11.8 Å². The molecule has 0 saturated carbocycles. The third-order valence-corrected chi connectivity index (χ3v) is 4.33. The van der Waals surface area contributed by atoms with Gasteiger partial charge in [0, 0.05) is 0 Å². The molecule has 3 rings (SSSR count). The average Bonchev–Trinajstić information content (AvgIpc) is 3.00. The first-order valence-corrected chi connectivity index (χ1v) is 7.81. The third-order valence-electron chi connectivity index (χ3n) is 4.04. The Hall–Kier alpha value is -1.83. The summed E-state index contributed by atoms with van der Waals surface area (Å²) in [5.41, 5.74) is -0.968. The van der Waals surface area contributed by atoms with Crippen molar-refractivity contribution in [2.24, 2.45) is 0 Å². The summed E-state index contributed by atoms with van der Waals surface area (Å²) in [6.07, 6.45) is -3.02. The number of nitrogens with zero attached hydrogens (tertiary/aromatic N) is 3. The van der Waals surface area contributed by atoms with E-state index in [9.17, 15) is 15.3 Å². The van der Waals surface area contributed by atoms with E-state index in [0.717, 1.165) is 0 Å². The van der Waals surface area contributed by atoms with Crippen LogP contribution in [0.5, 0.6) is 0 Å². The van der Waals surface area contributed by atoms with Gasteiger partial charge < -0.3 is 25.0 Å². The Morgan fingerprint density at radius 2 is 2.25 bits per heavy atom. The number of hydrogen-bond donors (Lipinski definition) is 4. The second-order valence-corrected chi connectivity index (χ2v) is 6.20. The highest BCUT2D eigenvalue weighted by Crippen LogP contribution is 2.40. The number of rotatable bonds is 2. The lowest BCUT2D eigenvalue weighted by Gasteiger charge is -2.26. The molecule has 24 heavy (non-hydrogen) atoms. The van der Waals surface area contributed by atoms with Crippen LogP contribution in [0, 0.1) is 23.4 Å². The van der Waals surface area contributed by atoms with Crippen LogP contribution < -0.4 is 0 Å². The highest BCUT2D eigenvalue weighted by atomic mass is 32.1. The molecule has 0 bridgehead atoms. The van der Waals surface area contributed by atoms with Crippen LogP contribution in [-0.4, -0.2) is 58.8 Å². The zero-order chi connectivity index (χ0) is 17.6. The molecule has 0 radical (unpaired) electrons. The number of fused-ring (bicyclic) bond motifs is 1. The Morgan fingerprint density at radius 1 is 1.54 bits per heavy atom. The summed E-state index contributed by atoms with van der Waals surface area (Å²) in [6.45, 7) is 4.77. The maximum atomic E-state index is 10.9. The lowest BCUT2D eigenvalue weighted by Crippen LogP contribution is -2.47. The predicted octanol–water partition coefficient (Wildman–Crippen LogP) is 0.191. The Balaban J connectivity index is 2.20. The van der Waals surface area contributed by atoms with E-state index in [0.29, 0.717) is 21.6 Å². The molecule has 0 aromatic carbocycles. The minimum atomic E-state index is -1.91. The number of ether oxygens (including phenoxy) is 1. The van der Waals surface area contributed by atoms with Gasteiger partial charge in [-0.2, -0.15) is 0 Å². The van der Waals surface area contributed by atoms with E-state index in [1.54, 1.807) is 13.8 Å². The largest absolute Gasteiger partial charge is 0.391 e. The Bertz CT molecular complexity index is 896. The van der Waals surface area contributed by atoms with Crippen molar-refractivity contribution in [1.29, 1.82) is 0 Å². The van der Waals surface area contributed by atoms with Gasteiger partial charge in [-0.05, 0) is 20.8 Å². The Labute approximate surface area is 143 Å². The Kier molecular flexibility index (Phi) is 4.19. The number of aromatic nitrogens is 4. The predicted molar refractivity (Wildman–Crippen MR) is 87.4 cm³/mol. The van der Waals surface area contributed by atoms with Gasteiger partial charge in [0.2, 0.25) is 0 Å². The Morgan fingerprint density at radius 3 is 2.88 bits per heavy atom. The fourth-order valence-corrected chi connectivity index (χ4v) is 3.22. The molecule has 3 heterocycles. The molecule has 1 unspecified atom stereocenters. The number of imidazole rings is 1. The first kappa shape index (κ1) is 17.0. The first-order valence-electron chi connectivity index (χ1n) is 7.41. The molecule has 0 amide bonds. The number of aryl methyl sites for hydroxylation is 1. The topological polar surface area (TPSA) is 116 Å². The van der Waals surface area contributed by atoms with Crippen molar-refractivity contribution < 1.29 is 20.1 Å². The molecule has 1 aliphatic rings. The molecule has 4 N–H and O–H groups in total. The van der Waals surface area contributed by atoms with Crippen LogP contribution in [0.25, 0.3) is 11.2 Å². The van der Waals surface area contributed by atoms with Gasteiger partial charge in [-0.3, -0.25) is 4.57 Å². The summed E-state index contributed by atoms with van der Waals surface area (Å²) in [4.78, 5) is 11.4. The van der Waals surface area contributed by atoms with E-state index in [1.165, 1.54) is 17.8 Å². The average molecular weight is 350 g/mol. The van der Waals surface area contributed by atoms with Gasteiger partial charge >= 0.3 is 0 Å². The van der Waals surface area contributed by atoms with Crippen LogP contribution in [-0.2, 0) is 4.74 Å². The second kappa shape index (κ2) is 5.91. The van der Waals surface area contributed by atoms with Crippen molar-refractivity contribution >= 4 is 23.4 Å². The molecule has 1 fully saturated rings. The van der Waals surface area contributed by atoms with Crippen molar-refractivity contribution in [2.45, 2.75) is 50.9 Å². The SMILES string of the molecule is CC#CC1(O)[C@@H](O)[C@@H]([C@H](C)O)O[C@H]1n1cnc2c(=S)nc(C)[nH]c21. The summed E-state index contributed by atoms with van der Waals surface area (Å²) in [5.74, 6) is 5.78. The molecule has 2 aromatic rings. The lowest BCUT2D eigenvalue weighted by atomic mass is 9.93. The molecule has 8 nitrogen and oxygen atoms in total. The van der Waals surface area contributed by atoms with Gasteiger partial charge in [0.1, 0.15) is 29.2 Å². The molecule has 1 saturated heterocycles. The summed E-state index contributed by atoms with van der Waals surface area (Å²) < 4.78 is 7.56. The zero-order valence-electron chi connectivity index (χ0n) is 13.4. The first-order chi connectivity index (χ1) is 11.3. The molecule has 0 spiro atoms. The van der Waals surface area contributed by atoms with E-state index in [-0.39, 0.29) is 0 Å². The number of aliphatic hydroxyl groups is 3. The minimum absolute atomic E-state index is 0.315. The van der Waals surface area contributed by atoms with Crippen LogP contribution in [0.1, 0.15) is 25.9 Å². The maximum Gasteiger partial charge on any atom is 0.199 e. The number of aromatic amines is 1. The lowest BCUT2D eigenvalue weighted by molar-refractivity contribution is -0.0847. The standard InChI is InChI=1S/C15H18N4O4S/c1-4-5-15(22)11(21)10(7(2)20)23-14(15)19-6-16-9-12(19)17-8(3)18-13(9)24/h6-7,10-11,14,20-22H,1-3H3,(H,17,18,24)/t7-,10+,11-,14+,15?/m0/s1. The molecule has 0 aliphatic carbocycles. The van der Waals surface area contributed by atoms with Crippen molar-refractivity contribution in [1.82, 2.24) is 19.5 Å². The zero-order valence-corrected chi connectivity index (χ0v) is 14.2. The van der Waals surface area contributed by atoms with Gasteiger partial charge in [0.25, 0.3) is 0 Å². The third kappa shape index (κ3) is 2.44. The van der Waals surface area contributed by atoms with E-state index in [4.69, 9.17) is 17.0 Å². The normalized spacial score (nSPS) is 31.0. The summed E-state index contributed by atoms with van der Waals surface area (Å²) >= 11 is 5.20. The maximum absolute atomic E-state index is 10.9. The van der Waals surface area contributed by atoms with E-state index in [1.807, 2.05) is 0 Å². The summed E-state index contributed by atoms with van der Waals surface area (Å²) in [5, 5.41) is 31.2. The molecular weight excluding hydrogens is 332 g/mol. The molecule has 5 atom stereocenters. The monoisotopic (exact) mass is 350 g/mol. The quantitative estimate of drug-likeness (QED) is 0.451. The highest BCUT2D eigenvalue weighted by molar-refractivity contribution is 7.71. The van der Waals surface area contributed by atoms with Crippen molar-refractivity contribution in [3.05, 3.63) is 16.8 Å².